The van der Waals surface area contributed by atoms with Crippen molar-refractivity contribution in [3.05, 3.63) is 0 Å². The smallest absolute Gasteiger partial charge is 0.109 e. The minimum atomic E-state index is -1.94. The molecular formula is C11H24O8S3. The maximum absolute atomic E-state index is 9.87. The summed E-state index contributed by atoms with van der Waals surface area (Å²) in [5.41, 5.74) is 0. The standard InChI is InChI=1S/C11H24O8S3/c12-1-3(13)10(21)8(18)6(16)7(17)9(19)11(22)5(15)4(14)2-20/h3-22H,1-2H2. The van der Waals surface area contributed by atoms with E-state index in [1.54, 1.807) is 0 Å². The Morgan fingerprint density at radius 2 is 1.00 bits per heavy atom. The van der Waals surface area contributed by atoms with Gasteiger partial charge < -0.3 is 40.9 Å². The summed E-state index contributed by atoms with van der Waals surface area (Å²) in [6.45, 7) is -0.724. The van der Waals surface area contributed by atoms with E-state index in [4.69, 9.17) is 5.11 Å². The molecule has 8 N–H and O–H groups in total. The van der Waals surface area contributed by atoms with Crippen molar-refractivity contribution in [2.45, 2.75) is 53.2 Å². The molecule has 0 saturated carbocycles. The van der Waals surface area contributed by atoms with Crippen LogP contribution in [-0.4, -0.2) is 106 Å². The Kier molecular flexibility index (Phi) is 10.9. The molecule has 0 aromatic carbocycles. The van der Waals surface area contributed by atoms with Crippen molar-refractivity contribution in [1.29, 1.82) is 0 Å². The predicted molar refractivity (Wildman–Crippen MR) is 88.5 cm³/mol. The number of thiol groups is 3. The van der Waals surface area contributed by atoms with Crippen LogP contribution >= 0.6 is 37.9 Å². The third kappa shape index (κ3) is 5.98. The molecule has 9 unspecified atom stereocenters. The van der Waals surface area contributed by atoms with Crippen LogP contribution in [-0.2, 0) is 0 Å². The van der Waals surface area contributed by atoms with E-state index in [1.807, 2.05) is 0 Å². The molecule has 0 amide bonds. The zero-order chi connectivity index (χ0) is 17.6. The van der Waals surface area contributed by atoms with Crippen molar-refractivity contribution in [2.24, 2.45) is 0 Å². The molecule has 0 aromatic rings. The van der Waals surface area contributed by atoms with Crippen LogP contribution < -0.4 is 0 Å². The first-order chi connectivity index (χ1) is 10.1. The van der Waals surface area contributed by atoms with Gasteiger partial charge in [0.25, 0.3) is 0 Å². The van der Waals surface area contributed by atoms with Gasteiger partial charge in [0.15, 0.2) is 0 Å². The molecule has 0 aliphatic heterocycles. The quantitative estimate of drug-likeness (QED) is 0.171. The topological polar surface area (TPSA) is 162 Å². The second-order valence-corrected chi connectivity index (χ2v) is 6.49. The Morgan fingerprint density at radius 1 is 0.591 bits per heavy atom. The first kappa shape index (κ1) is 22.7. The summed E-state index contributed by atoms with van der Waals surface area (Å²) in [5.74, 6) is -0.117. The maximum Gasteiger partial charge on any atom is 0.109 e. The van der Waals surface area contributed by atoms with E-state index >= 15 is 0 Å². The van der Waals surface area contributed by atoms with Gasteiger partial charge in [0.1, 0.15) is 12.2 Å². The first-order valence-electron chi connectivity index (χ1n) is 6.44. The largest absolute Gasteiger partial charge is 0.394 e. The fraction of sp³-hybridized carbons (Fsp3) is 1.00. The van der Waals surface area contributed by atoms with Crippen LogP contribution in [0.25, 0.3) is 0 Å². The van der Waals surface area contributed by atoms with Crippen LogP contribution in [0.4, 0.5) is 0 Å². The molecule has 0 bridgehead atoms. The lowest BCUT2D eigenvalue weighted by Crippen LogP contribution is -2.55. The first-order valence-corrected chi connectivity index (χ1v) is 8.10. The molecule has 0 fully saturated rings. The fourth-order valence-corrected chi connectivity index (χ4v) is 2.54. The third-order valence-electron chi connectivity index (χ3n) is 3.26. The predicted octanol–water partition coefficient (Wildman–Crippen LogP) is -3.97. The highest BCUT2D eigenvalue weighted by atomic mass is 32.1. The molecule has 0 aromatic heterocycles. The van der Waals surface area contributed by atoms with Gasteiger partial charge in [-0.25, -0.2) is 0 Å². The lowest BCUT2D eigenvalue weighted by atomic mass is 9.94. The zero-order valence-electron chi connectivity index (χ0n) is 11.5. The molecule has 0 heterocycles. The highest BCUT2D eigenvalue weighted by Crippen LogP contribution is 2.20. The summed E-state index contributed by atoms with van der Waals surface area (Å²) in [4.78, 5) is 0. The van der Waals surface area contributed by atoms with Crippen LogP contribution in [0.5, 0.6) is 0 Å². The monoisotopic (exact) mass is 380 g/mol. The van der Waals surface area contributed by atoms with Crippen LogP contribution in [0.2, 0.25) is 0 Å². The number of rotatable bonds is 10. The Hall–Kier alpha value is 0.730. The normalized spacial score (nSPS) is 24.7. The molecule has 8 nitrogen and oxygen atoms in total. The number of aliphatic hydroxyl groups excluding tert-OH is 8. The lowest BCUT2D eigenvalue weighted by Gasteiger charge is -2.34. The van der Waals surface area contributed by atoms with Gasteiger partial charge in [-0.3, -0.25) is 0 Å². The van der Waals surface area contributed by atoms with Crippen molar-refractivity contribution in [3.63, 3.8) is 0 Å². The molecule has 11 heteroatoms. The van der Waals surface area contributed by atoms with Crippen molar-refractivity contribution in [3.8, 4) is 0 Å². The number of hydrogen-bond donors (Lipinski definition) is 11. The van der Waals surface area contributed by atoms with Crippen LogP contribution in [0, 0.1) is 0 Å². The van der Waals surface area contributed by atoms with E-state index in [1.165, 1.54) is 0 Å². The Labute approximate surface area is 144 Å². The van der Waals surface area contributed by atoms with E-state index in [9.17, 15) is 35.7 Å². The number of hydrogen-bond acceptors (Lipinski definition) is 11. The van der Waals surface area contributed by atoms with Crippen LogP contribution in [0.3, 0.4) is 0 Å². The van der Waals surface area contributed by atoms with Gasteiger partial charge in [-0.05, 0) is 0 Å². The van der Waals surface area contributed by atoms with E-state index in [0.717, 1.165) is 0 Å². The summed E-state index contributed by atoms with van der Waals surface area (Å²) in [6, 6.07) is 0. The molecule has 9 atom stereocenters. The van der Waals surface area contributed by atoms with E-state index in [2.05, 4.69) is 37.9 Å². The van der Waals surface area contributed by atoms with Crippen molar-refractivity contribution in [2.75, 3.05) is 12.4 Å². The average Bonchev–Trinajstić information content (AvgIpc) is 2.55. The fourth-order valence-electron chi connectivity index (χ4n) is 1.68. The Morgan fingerprint density at radius 3 is 1.36 bits per heavy atom. The van der Waals surface area contributed by atoms with E-state index in [0.29, 0.717) is 0 Å². The van der Waals surface area contributed by atoms with Gasteiger partial charge in [0.05, 0.1) is 47.6 Å². The van der Waals surface area contributed by atoms with Gasteiger partial charge in [-0.1, -0.05) is 0 Å². The summed E-state index contributed by atoms with van der Waals surface area (Å²) in [5, 5.41) is 73.8. The molecule has 22 heavy (non-hydrogen) atoms. The molecule has 134 valence electrons. The van der Waals surface area contributed by atoms with Crippen molar-refractivity contribution < 1.29 is 40.9 Å². The molecule has 0 aliphatic rings. The summed E-state index contributed by atoms with van der Waals surface area (Å²) in [7, 11) is 0. The summed E-state index contributed by atoms with van der Waals surface area (Å²) in [6.07, 6.45) is -11.8. The van der Waals surface area contributed by atoms with Gasteiger partial charge in [0.2, 0.25) is 0 Å². The van der Waals surface area contributed by atoms with Crippen molar-refractivity contribution in [1.82, 2.24) is 0 Å². The number of aliphatic hydroxyl groups is 8. The minimum Gasteiger partial charge on any atom is -0.394 e. The molecular weight excluding hydrogens is 356 g/mol. The molecule has 0 spiro atoms. The average molecular weight is 381 g/mol. The van der Waals surface area contributed by atoms with Crippen LogP contribution in [0.15, 0.2) is 0 Å². The zero-order valence-corrected chi connectivity index (χ0v) is 14.2. The SMILES string of the molecule is OCC(O)C(S)C(O)C(O)C(O)C(O)C(S)C(O)C(O)CS. The molecule has 0 rings (SSSR count). The maximum atomic E-state index is 9.87. The summed E-state index contributed by atoms with van der Waals surface area (Å²) < 4.78 is 0. The summed E-state index contributed by atoms with van der Waals surface area (Å²) >= 11 is 11.4. The van der Waals surface area contributed by atoms with Gasteiger partial charge in [-0.15, -0.1) is 0 Å². The van der Waals surface area contributed by atoms with Gasteiger partial charge >= 0.3 is 0 Å². The molecule has 0 radical (unpaired) electrons. The highest BCUT2D eigenvalue weighted by molar-refractivity contribution is 7.81. The van der Waals surface area contributed by atoms with Gasteiger partial charge in [-0.2, -0.15) is 37.9 Å². The molecule has 0 saturated heterocycles. The third-order valence-corrected chi connectivity index (χ3v) is 4.90. The van der Waals surface area contributed by atoms with Crippen molar-refractivity contribution >= 4 is 37.9 Å². The van der Waals surface area contributed by atoms with Gasteiger partial charge in [0, 0.05) is 5.75 Å². The second-order valence-electron chi connectivity index (χ2n) is 4.93. The minimum absolute atomic E-state index is 0.117. The van der Waals surface area contributed by atoms with Crippen LogP contribution in [0.1, 0.15) is 0 Å². The Balaban J connectivity index is 4.82. The van der Waals surface area contributed by atoms with E-state index < -0.39 is 59.8 Å². The highest BCUT2D eigenvalue weighted by Gasteiger charge is 2.40. The second kappa shape index (κ2) is 10.6. The Bertz CT molecular complexity index is 285. The molecule has 0 aliphatic carbocycles. The lowest BCUT2D eigenvalue weighted by molar-refractivity contribution is -0.121. The van der Waals surface area contributed by atoms with E-state index in [-0.39, 0.29) is 5.75 Å².